The number of imidazole rings is 1. The molecule has 2 saturated carbocycles. The molecule has 2 atom stereocenters. The summed E-state index contributed by atoms with van der Waals surface area (Å²) in [5.74, 6) is 1.12. The predicted octanol–water partition coefficient (Wildman–Crippen LogP) is 4.73. The molecule has 1 aromatic carbocycles. The van der Waals surface area contributed by atoms with Gasteiger partial charge in [0.1, 0.15) is 11.4 Å². The van der Waals surface area contributed by atoms with Crippen LogP contribution in [0.4, 0.5) is 0 Å². The highest BCUT2D eigenvalue weighted by atomic mass is 16.4. The zero-order valence-corrected chi connectivity index (χ0v) is 21.2. The molecular formula is C28H33N7O2. The molecule has 37 heavy (non-hydrogen) atoms. The van der Waals surface area contributed by atoms with E-state index in [1.165, 1.54) is 44.7 Å². The largest absolute Gasteiger partial charge is 0.478 e. The van der Waals surface area contributed by atoms with Crippen LogP contribution >= 0.6 is 0 Å². The smallest absolute Gasteiger partial charge is 0.339 e. The van der Waals surface area contributed by atoms with Crippen molar-refractivity contribution in [2.24, 2.45) is 13.0 Å². The molecule has 0 spiro atoms. The van der Waals surface area contributed by atoms with Crippen LogP contribution in [0.15, 0.2) is 49.1 Å². The third kappa shape index (κ3) is 4.95. The molecule has 0 amide bonds. The molecule has 0 radical (unpaired) electrons. The van der Waals surface area contributed by atoms with Crippen molar-refractivity contribution in [3.8, 4) is 5.69 Å². The number of aryl methyl sites for hydroxylation is 1. The van der Waals surface area contributed by atoms with E-state index in [9.17, 15) is 9.90 Å². The zero-order valence-electron chi connectivity index (χ0n) is 21.2. The van der Waals surface area contributed by atoms with Gasteiger partial charge in [-0.15, -0.1) is 5.10 Å². The summed E-state index contributed by atoms with van der Waals surface area (Å²) in [5.41, 5.74) is 3.89. The van der Waals surface area contributed by atoms with Crippen LogP contribution < -0.4 is 0 Å². The standard InChI is InChI=1S/C28H33N7O2/c1-33-18-25(31-32-33)22-15-23(22)27-24(28(36)37)16-30-35(27)21-10-6-9-20(13-21)17-34-12-11-29-26(34)14-19-7-4-2-3-5-8-19/h6,9-13,16,18-19,22-23H,2-5,7-8,14-15,17H2,1H3,(H,36,37)/t22-,23-/m1/s1. The topological polar surface area (TPSA) is 104 Å². The second kappa shape index (κ2) is 9.95. The number of aromatic nitrogens is 7. The van der Waals surface area contributed by atoms with Crippen molar-refractivity contribution in [3.05, 3.63) is 77.4 Å². The van der Waals surface area contributed by atoms with Crippen molar-refractivity contribution < 1.29 is 9.90 Å². The molecule has 3 aromatic heterocycles. The van der Waals surface area contributed by atoms with Gasteiger partial charge in [-0.05, 0) is 30.0 Å². The van der Waals surface area contributed by atoms with E-state index in [-0.39, 0.29) is 17.4 Å². The Morgan fingerprint density at radius 3 is 2.73 bits per heavy atom. The van der Waals surface area contributed by atoms with Gasteiger partial charge in [0.2, 0.25) is 0 Å². The maximum absolute atomic E-state index is 12.1. The number of carbonyl (C=O) groups is 1. The van der Waals surface area contributed by atoms with Gasteiger partial charge in [-0.2, -0.15) is 5.10 Å². The average molecular weight is 500 g/mol. The van der Waals surface area contributed by atoms with Gasteiger partial charge in [0, 0.05) is 50.4 Å². The highest BCUT2D eigenvalue weighted by molar-refractivity contribution is 5.89. The van der Waals surface area contributed by atoms with Crippen LogP contribution in [0.25, 0.3) is 5.69 Å². The number of carboxylic acids is 1. The molecule has 0 aliphatic heterocycles. The predicted molar refractivity (Wildman–Crippen MR) is 138 cm³/mol. The zero-order chi connectivity index (χ0) is 25.4. The van der Waals surface area contributed by atoms with Crippen molar-refractivity contribution in [1.29, 1.82) is 0 Å². The first-order valence-electron chi connectivity index (χ1n) is 13.3. The number of hydrogen-bond donors (Lipinski definition) is 1. The molecule has 4 aromatic rings. The van der Waals surface area contributed by atoms with E-state index in [4.69, 9.17) is 4.98 Å². The fourth-order valence-corrected chi connectivity index (χ4v) is 5.93. The number of nitrogens with zero attached hydrogens (tertiary/aromatic N) is 7. The van der Waals surface area contributed by atoms with Crippen LogP contribution in [0.5, 0.6) is 0 Å². The van der Waals surface area contributed by atoms with Gasteiger partial charge in [-0.3, -0.25) is 4.68 Å². The summed E-state index contributed by atoms with van der Waals surface area (Å²) in [4.78, 5) is 16.7. The Kier molecular flexibility index (Phi) is 6.36. The SMILES string of the molecule is Cn1cc([C@@H]2C[C@H]2c2c(C(=O)O)cnn2-c2cccc(Cn3ccnc3CC3CCCCCC3)c2)nn1. The van der Waals surface area contributed by atoms with Gasteiger partial charge in [0.05, 0.1) is 23.3 Å². The van der Waals surface area contributed by atoms with Crippen LogP contribution in [0.3, 0.4) is 0 Å². The minimum Gasteiger partial charge on any atom is -0.478 e. The third-order valence-corrected chi connectivity index (χ3v) is 7.93. The Morgan fingerprint density at radius 2 is 1.97 bits per heavy atom. The first-order valence-corrected chi connectivity index (χ1v) is 13.3. The molecule has 2 fully saturated rings. The van der Waals surface area contributed by atoms with Gasteiger partial charge in [0.15, 0.2) is 0 Å². The van der Waals surface area contributed by atoms with E-state index in [0.717, 1.165) is 53.8 Å². The minimum atomic E-state index is -0.955. The number of hydrogen-bond acceptors (Lipinski definition) is 5. The van der Waals surface area contributed by atoms with E-state index in [1.807, 2.05) is 31.6 Å². The summed E-state index contributed by atoms with van der Waals surface area (Å²) in [5, 5.41) is 22.7. The summed E-state index contributed by atoms with van der Waals surface area (Å²) in [6.45, 7) is 0.726. The molecule has 1 N–H and O–H groups in total. The fraction of sp³-hybridized carbons (Fsp3) is 0.464. The lowest BCUT2D eigenvalue weighted by molar-refractivity contribution is 0.0695. The van der Waals surface area contributed by atoms with Gasteiger partial charge < -0.3 is 9.67 Å². The van der Waals surface area contributed by atoms with Crippen LogP contribution in [0.2, 0.25) is 0 Å². The Hall–Kier alpha value is -3.75. The normalized spacial score (nSPS) is 20.1. The Balaban J connectivity index is 1.25. The van der Waals surface area contributed by atoms with Gasteiger partial charge in [-0.1, -0.05) is 55.9 Å². The van der Waals surface area contributed by atoms with E-state index in [2.05, 4.69) is 38.3 Å². The molecule has 192 valence electrons. The molecule has 0 saturated heterocycles. The first-order chi connectivity index (χ1) is 18.1. The molecule has 9 heteroatoms. The van der Waals surface area contributed by atoms with Crippen molar-refractivity contribution in [1.82, 2.24) is 34.3 Å². The molecule has 6 rings (SSSR count). The quantitative estimate of drug-likeness (QED) is 0.352. The first kappa shape index (κ1) is 23.6. The monoisotopic (exact) mass is 499 g/mol. The molecule has 3 heterocycles. The fourth-order valence-electron chi connectivity index (χ4n) is 5.93. The molecular weight excluding hydrogens is 466 g/mol. The molecule has 2 aliphatic carbocycles. The van der Waals surface area contributed by atoms with Crippen LogP contribution in [-0.4, -0.2) is 45.4 Å². The van der Waals surface area contributed by atoms with Gasteiger partial charge in [0.25, 0.3) is 0 Å². The van der Waals surface area contributed by atoms with Crippen LogP contribution in [-0.2, 0) is 20.0 Å². The van der Waals surface area contributed by atoms with E-state index < -0.39 is 5.97 Å². The lowest BCUT2D eigenvalue weighted by Crippen LogP contribution is -2.11. The van der Waals surface area contributed by atoms with Crippen molar-refractivity contribution in [2.45, 2.75) is 69.7 Å². The third-order valence-electron chi connectivity index (χ3n) is 7.93. The lowest BCUT2D eigenvalue weighted by Gasteiger charge is -2.15. The number of rotatable bonds is 8. The van der Waals surface area contributed by atoms with Crippen molar-refractivity contribution in [3.63, 3.8) is 0 Å². The number of carboxylic acid groups (broad SMARTS) is 1. The van der Waals surface area contributed by atoms with E-state index >= 15 is 0 Å². The minimum absolute atomic E-state index is 0.0498. The Bertz CT molecular complexity index is 1390. The highest BCUT2D eigenvalue weighted by Crippen LogP contribution is 2.55. The van der Waals surface area contributed by atoms with Crippen LogP contribution in [0, 0.1) is 5.92 Å². The van der Waals surface area contributed by atoms with Gasteiger partial charge in [-0.25, -0.2) is 14.5 Å². The highest BCUT2D eigenvalue weighted by Gasteiger charge is 2.46. The number of benzene rings is 1. The average Bonchev–Trinajstić information content (AvgIpc) is 3.17. The maximum atomic E-state index is 12.1. The summed E-state index contributed by atoms with van der Waals surface area (Å²) in [6.07, 6.45) is 17.2. The Morgan fingerprint density at radius 1 is 1.14 bits per heavy atom. The summed E-state index contributed by atoms with van der Waals surface area (Å²) in [6, 6.07) is 8.23. The molecule has 2 aliphatic rings. The molecule has 0 unspecified atom stereocenters. The summed E-state index contributed by atoms with van der Waals surface area (Å²) < 4.78 is 5.74. The van der Waals surface area contributed by atoms with Crippen molar-refractivity contribution >= 4 is 5.97 Å². The Labute approximate surface area is 216 Å². The van der Waals surface area contributed by atoms with Crippen LogP contribution in [0.1, 0.15) is 89.9 Å². The maximum Gasteiger partial charge on any atom is 0.339 e. The summed E-state index contributed by atoms with van der Waals surface area (Å²) >= 11 is 0. The number of aromatic carboxylic acids is 1. The second-order valence-corrected chi connectivity index (χ2v) is 10.6. The second-order valence-electron chi connectivity index (χ2n) is 10.6. The lowest BCUT2D eigenvalue weighted by atomic mass is 9.96. The van der Waals surface area contributed by atoms with E-state index in [0.29, 0.717) is 0 Å². The summed E-state index contributed by atoms with van der Waals surface area (Å²) in [7, 11) is 1.84. The van der Waals surface area contributed by atoms with Crippen molar-refractivity contribution in [2.75, 3.05) is 0 Å². The van der Waals surface area contributed by atoms with E-state index in [1.54, 1.807) is 9.36 Å². The molecule has 9 nitrogen and oxygen atoms in total. The van der Waals surface area contributed by atoms with Gasteiger partial charge >= 0.3 is 5.97 Å². The molecule has 0 bridgehead atoms.